The average molecular weight is 352 g/mol. The Hall–Kier alpha value is -3.72. The molecule has 122 valence electrons. The van der Waals surface area contributed by atoms with Crippen molar-refractivity contribution in [1.82, 2.24) is 0 Å². The van der Waals surface area contributed by atoms with Crippen LogP contribution in [0.15, 0.2) is 82.4 Å². The Kier molecular flexibility index (Phi) is 4.90. The van der Waals surface area contributed by atoms with Crippen molar-refractivity contribution >= 4 is 22.2 Å². The molecule has 0 aromatic heterocycles. The van der Waals surface area contributed by atoms with Crippen LogP contribution in [0.25, 0.3) is 10.5 Å². The number of nitriles is 3. The van der Waals surface area contributed by atoms with E-state index in [0.29, 0.717) is 5.57 Å². The molecule has 0 saturated carbocycles. The summed E-state index contributed by atoms with van der Waals surface area (Å²) in [5.41, 5.74) is 8.23. The Labute approximate surface area is 155 Å². The Morgan fingerprint density at radius 2 is 1.50 bits per heavy atom. The summed E-state index contributed by atoms with van der Waals surface area (Å²) in [6, 6.07) is 23.1. The fourth-order valence-corrected chi connectivity index (χ4v) is 3.72. The largest absolute Gasteiger partial charge is 0.396 e. The summed E-state index contributed by atoms with van der Waals surface area (Å²) in [5, 5.41) is 27.9. The summed E-state index contributed by atoms with van der Waals surface area (Å²) < 4.78 is 0. The maximum absolute atomic E-state index is 9.69. The summed E-state index contributed by atoms with van der Waals surface area (Å²) in [6.45, 7) is 0. The SMILES string of the molecule is N#CC(C#N)=C(N)/C(C#N)=C1\C=C(c2ccccc2)Sc2ccccc21. The van der Waals surface area contributed by atoms with Gasteiger partial charge in [-0.3, -0.25) is 0 Å². The fourth-order valence-electron chi connectivity index (χ4n) is 2.62. The zero-order valence-electron chi connectivity index (χ0n) is 13.6. The predicted molar refractivity (Wildman–Crippen MR) is 102 cm³/mol. The monoisotopic (exact) mass is 352 g/mol. The molecule has 4 nitrogen and oxygen atoms in total. The lowest BCUT2D eigenvalue weighted by molar-refractivity contribution is 1.29. The van der Waals surface area contributed by atoms with Crippen molar-refractivity contribution in [1.29, 1.82) is 15.8 Å². The number of allylic oxidation sites excluding steroid dienone is 4. The summed E-state index contributed by atoms with van der Waals surface area (Å²) in [6.07, 6.45) is 1.89. The van der Waals surface area contributed by atoms with E-state index in [1.807, 2.05) is 60.7 Å². The van der Waals surface area contributed by atoms with Crippen molar-refractivity contribution in [2.45, 2.75) is 4.90 Å². The van der Waals surface area contributed by atoms with Crippen molar-refractivity contribution in [2.75, 3.05) is 0 Å². The molecule has 1 aliphatic rings. The highest BCUT2D eigenvalue weighted by atomic mass is 32.2. The van der Waals surface area contributed by atoms with Crippen LogP contribution >= 0.6 is 11.8 Å². The molecule has 1 heterocycles. The van der Waals surface area contributed by atoms with Crippen LogP contribution < -0.4 is 5.73 Å². The zero-order chi connectivity index (χ0) is 18.5. The standard InChI is InChI=1S/C21H12N4S/c22-11-15(12-23)21(25)18(13-24)17-10-20(14-6-2-1-3-7-14)26-19-9-5-4-8-16(17)19/h1-10H,25H2/b18-17+. The molecule has 0 atom stereocenters. The molecule has 0 amide bonds. The first-order valence-corrected chi connectivity index (χ1v) is 8.50. The molecular formula is C21H12N4S. The van der Waals surface area contributed by atoms with Gasteiger partial charge in [0.1, 0.15) is 18.2 Å². The van der Waals surface area contributed by atoms with Gasteiger partial charge < -0.3 is 5.73 Å². The predicted octanol–water partition coefficient (Wildman–Crippen LogP) is 4.37. The molecule has 5 heteroatoms. The third-order valence-electron chi connectivity index (χ3n) is 3.87. The first-order valence-electron chi connectivity index (χ1n) is 7.68. The van der Waals surface area contributed by atoms with Crippen molar-refractivity contribution in [3.8, 4) is 18.2 Å². The lowest BCUT2D eigenvalue weighted by Gasteiger charge is -2.20. The van der Waals surface area contributed by atoms with Crippen LogP contribution in [0.3, 0.4) is 0 Å². The molecule has 0 radical (unpaired) electrons. The second kappa shape index (κ2) is 7.45. The molecule has 2 aromatic carbocycles. The molecule has 0 spiro atoms. The van der Waals surface area contributed by atoms with E-state index in [2.05, 4.69) is 6.07 Å². The van der Waals surface area contributed by atoms with Crippen LogP contribution in [0.4, 0.5) is 0 Å². The van der Waals surface area contributed by atoms with Crippen LogP contribution in [0.5, 0.6) is 0 Å². The quantitative estimate of drug-likeness (QED) is 0.809. The molecule has 2 aromatic rings. The minimum Gasteiger partial charge on any atom is -0.396 e. The number of fused-ring (bicyclic) bond motifs is 1. The van der Waals surface area contributed by atoms with Crippen LogP contribution in [-0.4, -0.2) is 0 Å². The van der Waals surface area contributed by atoms with Crippen LogP contribution in [0, 0.1) is 34.0 Å². The van der Waals surface area contributed by atoms with Crippen molar-refractivity contribution in [3.63, 3.8) is 0 Å². The second-order valence-corrected chi connectivity index (χ2v) is 6.47. The smallest absolute Gasteiger partial charge is 0.153 e. The van der Waals surface area contributed by atoms with E-state index in [4.69, 9.17) is 16.3 Å². The summed E-state index contributed by atoms with van der Waals surface area (Å²) >= 11 is 1.60. The second-order valence-electron chi connectivity index (χ2n) is 5.39. The molecule has 1 aliphatic heterocycles. The van der Waals surface area contributed by atoms with Crippen LogP contribution in [0.2, 0.25) is 0 Å². The molecular weight excluding hydrogens is 340 g/mol. The third-order valence-corrected chi connectivity index (χ3v) is 5.02. The van der Waals surface area contributed by atoms with Gasteiger partial charge in [-0.15, -0.1) is 0 Å². The molecule has 0 saturated heterocycles. The van der Waals surface area contributed by atoms with Gasteiger partial charge >= 0.3 is 0 Å². The zero-order valence-corrected chi connectivity index (χ0v) is 14.4. The molecule has 0 fully saturated rings. The highest BCUT2D eigenvalue weighted by Crippen LogP contribution is 2.45. The first-order chi connectivity index (χ1) is 12.7. The van der Waals surface area contributed by atoms with Gasteiger partial charge in [-0.25, -0.2) is 0 Å². The molecule has 0 bridgehead atoms. The van der Waals surface area contributed by atoms with Crippen molar-refractivity contribution < 1.29 is 0 Å². The average Bonchev–Trinajstić information content (AvgIpc) is 2.70. The molecule has 3 rings (SSSR count). The maximum atomic E-state index is 9.69. The van der Waals surface area contributed by atoms with E-state index in [0.717, 1.165) is 20.9 Å². The number of thioether (sulfide) groups is 1. The molecule has 26 heavy (non-hydrogen) atoms. The van der Waals surface area contributed by atoms with Gasteiger partial charge in [-0.1, -0.05) is 60.3 Å². The van der Waals surface area contributed by atoms with E-state index in [1.54, 1.807) is 23.9 Å². The van der Waals surface area contributed by atoms with Gasteiger partial charge in [-0.05, 0) is 23.3 Å². The number of nitrogens with zero attached hydrogens (tertiary/aromatic N) is 3. The van der Waals surface area contributed by atoms with Gasteiger partial charge in [-0.2, -0.15) is 15.8 Å². The van der Waals surface area contributed by atoms with E-state index >= 15 is 0 Å². The highest BCUT2D eigenvalue weighted by molar-refractivity contribution is 8.08. The minimum absolute atomic E-state index is 0.0992. The molecule has 0 aliphatic carbocycles. The van der Waals surface area contributed by atoms with Crippen LogP contribution in [-0.2, 0) is 0 Å². The lowest BCUT2D eigenvalue weighted by Crippen LogP contribution is -2.07. The fraction of sp³-hybridized carbons (Fsp3) is 0. The normalized spacial score (nSPS) is 14.0. The van der Waals surface area contributed by atoms with E-state index in [1.165, 1.54) is 0 Å². The maximum Gasteiger partial charge on any atom is 0.153 e. The van der Waals surface area contributed by atoms with Gasteiger partial charge in [0.05, 0.1) is 11.3 Å². The van der Waals surface area contributed by atoms with Gasteiger partial charge in [0.15, 0.2) is 5.57 Å². The summed E-state index contributed by atoms with van der Waals surface area (Å²) in [7, 11) is 0. The Morgan fingerprint density at radius 1 is 0.846 bits per heavy atom. The van der Waals surface area contributed by atoms with E-state index in [9.17, 15) is 5.26 Å². The van der Waals surface area contributed by atoms with Crippen LogP contribution in [0.1, 0.15) is 11.1 Å². The van der Waals surface area contributed by atoms with Crippen molar-refractivity contribution in [2.24, 2.45) is 5.73 Å². The topological polar surface area (TPSA) is 97.4 Å². The van der Waals surface area contributed by atoms with Gasteiger partial charge in [0, 0.05) is 15.4 Å². The highest BCUT2D eigenvalue weighted by Gasteiger charge is 2.22. The number of rotatable bonds is 2. The Bertz CT molecular complexity index is 1070. The summed E-state index contributed by atoms with van der Waals surface area (Å²) in [5.74, 6) is 0. The summed E-state index contributed by atoms with van der Waals surface area (Å²) in [4.78, 5) is 1.95. The third kappa shape index (κ3) is 3.10. The lowest BCUT2D eigenvalue weighted by atomic mass is 9.95. The van der Waals surface area contributed by atoms with Gasteiger partial charge in [0.25, 0.3) is 0 Å². The number of hydrogen-bond donors (Lipinski definition) is 1. The number of hydrogen-bond acceptors (Lipinski definition) is 5. The minimum atomic E-state index is -0.264. The Morgan fingerprint density at radius 3 is 2.15 bits per heavy atom. The van der Waals surface area contributed by atoms with Gasteiger partial charge in [0.2, 0.25) is 0 Å². The molecule has 2 N–H and O–H groups in total. The number of nitrogens with two attached hydrogens (primary N) is 1. The van der Waals surface area contributed by atoms with E-state index in [-0.39, 0.29) is 16.8 Å². The van der Waals surface area contributed by atoms with E-state index < -0.39 is 0 Å². The first kappa shape index (κ1) is 17.1. The van der Waals surface area contributed by atoms with Crippen molar-refractivity contribution in [3.05, 3.63) is 88.6 Å². The Balaban J connectivity index is 2.32. The molecule has 0 unspecified atom stereocenters. The number of benzene rings is 2.